The van der Waals surface area contributed by atoms with Gasteiger partial charge in [-0.2, -0.15) is 0 Å². The van der Waals surface area contributed by atoms with Gasteiger partial charge in [0.15, 0.2) is 11.5 Å². The van der Waals surface area contributed by atoms with Crippen LogP contribution < -0.4 is 4.74 Å². The van der Waals surface area contributed by atoms with Crippen molar-refractivity contribution in [2.45, 2.75) is 13.3 Å². The maximum Gasteiger partial charge on any atom is 0.306 e. The van der Waals surface area contributed by atoms with Crippen LogP contribution in [0.1, 0.15) is 12.5 Å². The van der Waals surface area contributed by atoms with Gasteiger partial charge in [0.05, 0.1) is 12.5 Å². The molecule has 0 fully saturated rings. The molecule has 4 heteroatoms. The van der Waals surface area contributed by atoms with Gasteiger partial charge in [0.25, 0.3) is 0 Å². The molecule has 1 aliphatic rings. The molecule has 0 radical (unpaired) electrons. The Kier molecular flexibility index (Phi) is 2.73. The Hall–Kier alpha value is -1.71. The van der Waals surface area contributed by atoms with E-state index in [0.29, 0.717) is 18.8 Å². The predicted molar refractivity (Wildman–Crippen MR) is 57.6 cm³/mol. The number of carbonyl (C=O) groups is 1. The number of aliphatic carboxylic acids is 1. The molecule has 0 spiro atoms. The smallest absolute Gasteiger partial charge is 0.306 e. The van der Waals surface area contributed by atoms with Crippen LogP contribution in [-0.4, -0.2) is 22.8 Å². The maximum absolute atomic E-state index is 10.9. The Morgan fingerprint density at radius 1 is 1.56 bits per heavy atom. The van der Waals surface area contributed by atoms with E-state index in [1.807, 2.05) is 6.07 Å². The first-order valence-corrected chi connectivity index (χ1v) is 5.26. The van der Waals surface area contributed by atoms with Crippen molar-refractivity contribution in [3.8, 4) is 11.5 Å². The number of carboxylic acids is 1. The summed E-state index contributed by atoms with van der Waals surface area (Å²) in [5.74, 6) is -0.658. The second kappa shape index (κ2) is 4.04. The number of phenols is 1. The number of aromatic hydroxyl groups is 1. The molecule has 1 aliphatic heterocycles. The standard InChI is InChI=1S/C12H14O4/c1-7(12(14)15)9-5-8-3-2-4-10(13)11(8)16-6-9/h2-4,7,9,13H,5-6H2,1H3,(H,14,15). The average molecular weight is 222 g/mol. The van der Waals surface area contributed by atoms with Gasteiger partial charge in [-0.1, -0.05) is 19.1 Å². The average Bonchev–Trinajstić information content (AvgIpc) is 2.28. The number of fused-ring (bicyclic) bond motifs is 1. The molecule has 1 heterocycles. The maximum atomic E-state index is 10.9. The fraction of sp³-hybridized carbons (Fsp3) is 0.417. The van der Waals surface area contributed by atoms with Crippen molar-refractivity contribution in [2.24, 2.45) is 11.8 Å². The zero-order valence-corrected chi connectivity index (χ0v) is 9.01. The quantitative estimate of drug-likeness (QED) is 0.798. The highest BCUT2D eigenvalue weighted by atomic mass is 16.5. The number of phenolic OH excluding ortho intramolecular Hbond substituents is 1. The van der Waals surface area contributed by atoms with Crippen LogP contribution in [0.2, 0.25) is 0 Å². The lowest BCUT2D eigenvalue weighted by Gasteiger charge is -2.28. The molecule has 16 heavy (non-hydrogen) atoms. The third kappa shape index (κ3) is 1.83. The molecule has 86 valence electrons. The predicted octanol–water partition coefficient (Wildman–Crippen LogP) is 1.66. The minimum Gasteiger partial charge on any atom is -0.504 e. The molecule has 0 saturated carbocycles. The lowest BCUT2D eigenvalue weighted by molar-refractivity contribution is -0.143. The van der Waals surface area contributed by atoms with E-state index >= 15 is 0 Å². The second-order valence-corrected chi connectivity index (χ2v) is 4.17. The van der Waals surface area contributed by atoms with Crippen molar-refractivity contribution in [1.82, 2.24) is 0 Å². The molecule has 2 atom stereocenters. The van der Waals surface area contributed by atoms with Gasteiger partial charge >= 0.3 is 5.97 Å². The van der Waals surface area contributed by atoms with Gasteiger partial charge in [-0.05, 0) is 18.1 Å². The molecule has 0 saturated heterocycles. The van der Waals surface area contributed by atoms with E-state index in [-0.39, 0.29) is 11.7 Å². The van der Waals surface area contributed by atoms with Gasteiger partial charge < -0.3 is 14.9 Å². The first-order valence-electron chi connectivity index (χ1n) is 5.26. The first kappa shape index (κ1) is 10.8. The second-order valence-electron chi connectivity index (χ2n) is 4.17. The molecular formula is C12H14O4. The summed E-state index contributed by atoms with van der Waals surface area (Å²) in [7, 11) is 0. The Labute approximate surface area is 93.5 Å². The Bertz CT molecular complexity index is 413. The number of hydrogen-bond acceptors (Lipinski definition) is 3. The van der Waals surface area contributed by atoms with Crippen molar-refractivity contribution >= 4 is 5.97 Å². The van der Waals surface area contributed by atoms with Gasteiger partial charge in [-0.25, -0.2) is 0 Å². The van der Waals surface area contributed by atoms with Crippen LogP contribution in [0.3, 0.4) is 0 Å². The molecule has 0 aliphatic carbocycles. The molecule has 0 bridgehead atoms. The largest absolute Gasteiger partial charge is 0.504 e. The Morgan fingerprint density at radius 2 is 2.31 bits per heavy atom. The highest BCUT2D eigenvalue weighted by Crippen LogP contribution is 2.36. The monoisotopic (exact) mass is 222 g/mol. The lowest BCUT2D eigenvalue weighted by Crippen LogP contribution is -2.30. The van der Waals surface area contributed by atoms with Crippen LogP contribution in [-0.2, 0) is 11.2 Å². The number of benzene rings is 1. The third-order valence-electron chi connectivity index (χ3n) is 3.10. The van der Waals surface area contributed by atoms with Gasteiger partial charge in [0.1, 0.15) is 0 Å². The Morgan fingerprint density at radius 3 is 3.00 bits per heavy atom. The van der Waals surface area contributed by atoms with Crippen LogP contribution in [0.25, 0.3) is 0 Å². The van der Waals surface area contributed by atoms with E-state index in [1.165, 1.54) is 0 Å². The van der Waals surface area contributed by atoms with Crippen LogP contribution in [0.4, 0.5) is 0 Å². The molecular weight excluding hydrogens is 208 g/mol. The fourth-order valence-electron chi connectivity index (χ4n) is 1.95. The highest BCUT2D eigenvalue weighted by molar-refractivity contribution is 5.70. The van der Waals surface area contributed by atoms with Crippen molar-refractivity contribution in [3.63, 3.8) is 0 Å². The van der Waals surface area contributed by atoms with Crippen LogP contribution in [0, 0.1) is 11.8 Å². The lowest BCUT2D eigenvalue weighted by atomic mass is 9.86. The summed E-state index contributed by atoms with van der Waals surface area (Å²) < 4.78 is 5.42. The van der Waals surface area contributed by atoms with Crippen molar-refractivity contribution in [2.75, 3.05) is 6.61 Å². The molecule has 1 aromatic rings. The zero-order chi connectivity index (χ0) is 11.7. The molecule has 2 rings (SSSR count). The van der Waals surface area contributed by atoms with Gasteiger partial charge in [-0.3, -0.25) is 4.79 Å². The van der Waals surface area contributed by atoms with Gasteiger partial charge in [0, 0.05) is 5.92 Å². The van der Waals surface area contributed by atoms with Crippen LogP contribution in [0.5, 0.6) is 11.5 Å². The van der Waals surface area contributed by atoms with E-state index < -0.39 is 11.9 Å². The fourth-order valence-corrected chi connectivity index (χ4v) is 1.95. The van der Waals surface area contributed by atoms with E-state index in [2.05, 4.69) is 0 Å². The zero-order valence-electron chi connectivity index (χ0n) is 9.01. The van der Waals surface area contributed by atoms with Gasteiger partial charge in [0.2, 0.25) is 0 Å². The van der Waals surface area contributed by atoms with Crippen LogP contribution in [0.15, 0.2) is 18.2 Å². The summed E-state index contributed by atoms with van der Waals surface area (Å²) in [5, 5.41) is 18.5. The molecule has 4 nitrogen and oxygen atoms in total. The number of rotatable bonds is 2. The molecule has 1 aromatic carbocycles. The van der Waals surface area contributed by atoms with E-state index in [1.54, 1.807) is 19.1 Å². The Balaban J connectivity index is 2.21. The minimum atomic E-state index is -0.808. The number of para-hydroxylation sites is 1. The van der Waals surface area contributed by atoms with Gasteiger partial charge in [-0.15, -0.1) is 0 Å². The number of ether oxygens (including phenoxy) is 1. The number of hydrogen-bond donors (Lipinski definition) is 2. The molecule has 2 unspecified atom stereocenters. The van der Waals surface area contributed by atoms with Crippen molar-refractivity contribution in [1.29, 1.82) is 0 Å². The summed E-state index contributed by atoms with van der Waals surface area (Å²) >= 11 is 0. The van der Waals surface area contributed by atoms with E-state index in [0.717, 1.165) is 5.56 Å². The minimum absolute atomic E-state index is 0.0354. The summed E-state index contributed by atoms with van der Waals surface area (Å²) in [6, 6.07) is 5.17. The SMILES string of the molecule is CC(C(=O)O)C1COc2c(O)cccc2C1. The van der Waals surface area contributed by atoms with Crippen molar-refractivity contribution in [3.05, 3.63) is 23.8 Å². The normalized spacial score (nSPS) is 20.7. The van der Waals surface area contributed by atoms with E-state index in [4.69, 9.17) is 9.84 Å². The summed E-state index contributed by atoms with van der Waals surface area (Å²) in [5.41, 5.74) is 0.879. The number of carboxylic acid groups (broad SMARTS) is 1. The van der Waals surface area contributed by atoms with Crippen molar-refractivity contribution < 1.29 is 19.7 Å². The topological polar surface area (TPSA) is 66.8 Å². The summed E-state index contributed by atoms with van der Waals surface area (Å²) in [6.45, 7) is 2.03. The van der Waals surface area contributed by atoms with E-state index in [9.17, 15) is 9.90 Å². The molecule has 0 amide bonds. The first-order chi connectivity index (χ1) is 7.59. The summed E-state index contributed by atoms with van der Waals surface area (Å²) in [4.78, 5) is 10.9. The molecule has 0 aromatic heterocycles. The molecule has 2 N–H and O–H groups in total. The third-order valence-corrected chi connectivity index (χ3v) is 3.10. The summed E-state index contributed by atoms with van der Waals surface area (Å²) in [6.07, 6.45) is 0.636. The highest BCUT2D eigenvalue weighted by Gasteiger charge is 2.29. The van der Waals surface area contributed by atoms with Crippen LogP contribution >= 0.6 is 0 Å².